The predicted octanol–water partition coefficient (Wildman–Crippen LogP) is 1.30. The highest BCUT2D eigenvalue weighted by Gasteiger charge is 2.30. The summed E-state index contributed by atoms with van der Waals surface area (Å²) in [6.45, 7) is 2.53. The van der Waals surface area contributed by atoms with Crippen molar-refractivity contribution >= 4 is 17.7 Å². The summed E-state index contributed by atoms with van der Waals surface area (Å²) in [6, 6.07) is -0.0474. The van der Waals surface area contributed by atoms with Gasteiger partial charge in [-0.2, -0.15) is 0 Å². The van der Waals surface area contributed by atoms with Gasteiger partial charge >= 0.3 is 0 Å². The molecule has 2 aliphatic rings. The van der Waals surface area contributed by atoms with Crippen LogP contribution in [0.15, 0.2) is 9.95 Å². The van der Waals surface area contributed by atoms with Gasteiger partial charge in [0.1, 0.15) is 0 Å². The van der Waals surface area contributed by atoms with Crippen LogP contribution in [0.5, 0.6) is 0 Å². The van der Waals surface area contributed by atoms with Crippen molar-refractivity contribution < 1.29 is 4.79 Å². The van der Waals surface area contributed by atoms with Crippen molar-refractivity contribution in [1.29, 1.82) is 0 Å². The Morgan fingerprint density at radius 1 is 1.45 bits per heavy atom. The number of rotatable bonds is 3. The summed E-state index contributed by atoms with van der Waals surface area (Å²) in [5, 5.41) is 3.60. The van der Waals surface area contributed by atoms with E-state index >= 15 is 0 Å². The van der Waals surface area contributed by atoms with Crippen LogP contribution in [0.1, 0.15) is 43.5 Å². The van der Waals surface area contributed by atoms with Crippen molar-refractivity contribution in [3.8, 4) is 0 Å². The van der Waals surface area contributed by atoms with Crippen molar-refractivity contribution in [3.63, 3.8) is 0 Å². The Morgan fingerprint density at radius 2 is 2.25 bits per heavy atom. The molecule has 1 aliphatic heterocycles. The fraction of sp³-hybridized carbons (Fsp3) is 0.643. The number of carbonyl (C=O) groups is 1. The molecule has 0 saturated carbocycles. The van der Waals surface area contributed by atoms with Crippen LogP contribution in [0.25, 0.3) is 0 Å². The average molecular weight is 293 g/mol. The van der Waals surface area contributed by atoms with Gasteiger partial charge in [-0.15, -0.1) is 0 Å². The van der Waals surface area contributed by atoms with Crippen molar-refractivity contribution in [2.75, 3.05) is 12.3 Å². The summed E-state index contributed by atoms with van der Waals surface area (Å²) >= 11 is 1.59. The minimum Gasteiger partial charge on any atom is -0.356 e. The molecule has 0 aromatic carbocycles. The highest BCUT2D eigenvalue weighted by Crippen LogP contribution is 2.33. The molecule has 0 radical (unpaired) electrons. The lowest BCUT2D eigenvalue weighted by atomic mass is 9.97. The fourth-order valence-corrected chi connectivity index (χ4v) is 4.10. The van der Waals surface area contributed by atoms with Crippen LogP contribution in [0.2, 0.25) is 0 Å². The molecule has 1 aliphatic carbocycles. The number of hydrogen-bond acceptors (Lipinski definition) is 4. The molecule has 6 heteroatoms. The zero-order valence-corrected chi connectivity index (χ0v) is 12.5. The number of fused-ring (bicyclic) bond motifs is 2. The molecule has 108 valence electrons. The van der Waals surface area contributed by atoms with Crippen molar-refractivity contribution in [3.05, 3.63) is 21.6 Å². The first-order valence-electron chi connectivity index (χ1n) is 7.24. The molecule has 0 bridgehead atoms. The second-order valence-electron chi connectivity index (χ2n) is 5.32. The first-order valence-corrected chi connectivity index (χ1v) is 8.23. The molecule has 2 heterocycles. The normalized spacial score (nSPS) is 20.4. The molecule has 1 unspecified atom stereocenters. The standard InChI is InChI=1S/C14H19N3O2S/c1-2-15-12(18)7-9-8-20-14-16-11-6-4-3-5-10(11)13(19)17(9)14/h9H,2-8H2,1H3,(H,15,18). The van der Waals surface area contributed by atoms with Crippen molar-refractivity contribution in [2.45, 2.75) is 50.2 Å². The first-order chi connectivity index (χ1) is 9.70. The van der Waals surface area contributed by atoms with Crippen LogP contribution >= 0.6 is 11.8 Å². The number of aromatic nitrogens is 2. The first kappa shape index (κ1) is 13.7. The van der Waals surface area contributed by atoms with Gasteiger partial charge in [0.05, 0.1) is 11.7 Å². The summed E-state index contributed by atoms with van der Waals surface area (Å²) < 4.78 is 1.75. The summed E-state index contributed by atoms with van der Waals surface area (Å²) in [5.74, 6) is 0.776. The third kappa shape index (κ3) is 2.37. The number of aryl methyl sites for hydroxylation is 1. The molecule has 0 spiro atoms. The van der Waals surface area contributed by atoms with Crippen LogP contribution in [0.4, 0.5) is 0 Å². The minimum atomic E-state index is -0.0474. The fourth-order valence-electron chi connectivity index (χ4n) is 2.95. The Bertz CT molecular complexity index is 597. The number of thioether (sulfide) groups is 1. The lowest BCUT2D eigenvalue weighted by Crippen LogP contribution is -2.33. The molecule has 1 aromatic heterocycles. The Labute approximate surface area is 122 Å². The van der Waals surface area contributed by atoms with E-state index in [9.17, 15) is 9.59 Å². The zero-order valence-electron chi connectivity index (χ0n) is 11.6. The van der Waals surface area contributed by atoms with Crippen LogP contribution in [-0.2, 0) is 17.6 Å². The monoisotopic (exact) mass is 293 g/mol. The second-order valence-corrected chi connectivity index (χ2v) is 6.31. The smallest absolute Gasteiger partial charge is 0.257 e. The average Bonchev–Trinajstić information content (AvgIpc) is 2.82. The Hall–Kier alpha value is -1.30. The van der Waals surface area contributed by atoms with E-state index in [4.69, 9.17) is 0 Å². The molecule has 3 rings (SSSR count). The summed E-state index contributed by atoms with van der Waals surface area (Å²) in [7, 11) is 0. The topological polar surface area (TPSA) is 64.0 Å². The van der Waals surface area contributed by atoms with E-state index in [1.165, 1.54) is 0 Å². The largest absolute Gasteiger partial charge is 0.356 e. The number of amides is 1. The summed E-state index contributed by atoms with van der Waals surface area (Å²) in [5.41, 5.74) is 1.95. The van der Waals surface area contributed by atoms with Gasteiger partial charge in [-0.1, -0.05) is 11.8 Å². The van der Waals surface area contributed by atoms with E-state index in [1.54, 1.807) is 16.3 Å². The van der Waals surface area contributed by atoms with Crippen LogP contribution in [0.3, 0.4) is 0 Å². The van der Waals surface area contributed by atoms with Gasteiger partial charge in [0.15, 0.2) is 5.16 Å². The van der Waals surface area contributed by atoms with Gasteiger partial charge in [-0.3, -0.25) is 14.2 Å². The Morgan fingerprint density at radius 3 is 3.05 bits per heavy atom. The molecule has 1 N–H and O–H groups in total. The molecule has 1 atom stereocenters. The van der Waals surface area contributed by atoms with E-state index in [0.29, 0.717) is 13.0 Å². The number of nitrogens with zero attached hydrogens (tertiary/aromatic N) is 2. The molecule has 5 nitrogen and oxygen atoms in total. The van der Waals surface area contributed by atoms with Gasteiger partial charge in [0.2, 0.25) is 5.91 Å². The third-order valence-corrected chi connectivity index (χ3v) is 5.01. The van der Waals surface area contributed by atoms with Crippen molar-refractivity contribution in [1.82, 2.24) is 14.9 Å². The maximum absolute atomic E-state index is 12.6. The molecule has 1 amide bonds. The van der Waals surface area contributed by atoms with Gasteiger partial charge in [-0.25, -0.2) is 4.98 Å². The van der Waals surface area contributed by atoms with Gasteiger partial charge in [0.25, 0.3) is 5.56 Å². The quantitative estimate of drug-likeness (QED) is 0.853. The van der Waals surface area contributed by atoms with Gasteiger partial charge < -0.3 is 5.32 Å². The lowest BCUT2D eigenvalue weighted by Gasteiger charge is -2.18. The highest BCUT2D eigenvalue weighted by molar-refractivity contribution is 7.99. The van der Waals surface area contributed by atoms with E-state index in [2.05, 4.69) is 10.3 Å². The van der Waals surface area contributed by atoms with Crippen LogP contribution in [-0.4, -0.2) is 27.8 Å². The number of carbonyl (C=O) groups excluding carboxylic acids is 1. The number of nitrogens with one attached hydrogen (secondary N) is 1. The Kier molecular flexibility index (Phi) is 3.83. The maximum atomic E-state index is 12.6. The van der Waals surface area contributed by atoms with Crippen LogP contribution in [0, 0.1) is 0 Å². The molecule has 20 heavy (non-hydrogen) atoms. The Balaban J connectivity index is 1.93. The molecular weight excluding hydrogens is 274 g/mol. The van der Waals surface area contributed by atoms with Crippen molar-refractivity contribution in [2.24, 2.45) is 0 Å². The highest BCUT2D eigenvalue weighted by atomic mass is 32.2. The molecule has 0 fully saturated rings. The number of hydrogen-bond donors (Lipinski definition) is 1. The lowest BCUT2D eigenvalue weighted by molar-refractivity contribution is -0.121. The third-order valence-electron chi connectivity index (χ3n) is 3.92. The van der Waals surface area contributed by atoms with E-state index in [1.807, 2.05) is 6.92 Å². The predicted molar refractivity (Wildman–Crippen MR) is 78.2 cm³/mol. The molecular formula is C14H19N3O2S. The minimum absolute atomic E-state index is 0.00979. The van der Waals surface area contributed by atoms with E-state index < -0.39 is 0 Å². The SMILES string of the molecule is CCNC(=O)CC1CSc2nc3c(c(=O)n21)CCCC3. The summed E-state index contributed by atoms with van der Waals surface area (Å²) in [4.78, 5) is 29.0. The maximum Gasteiger partial charge on any atom is 0.257 e. The van der Waals surface area contributed by atoms with E-state index in [-0.39, 0.29) is 17.5 Å². The van der Waals surface area contributed by atoms with Gasteiger partial charge in [0, 0.05) is 24.3 Å². The summed E-state index contributed by atoms with van der Waals surface area (Å²) in [6.07, 6.45) is 4.31. The molecule has 1 aromatic rings. The zero-order chi connectivity index (χ0) is 14.1. The van der Waals surface area contributed by atoms with Crippen LogP contribution < -0.4 is 10.9 Å². The second kappa shape index (κ2) is 5.60. The molecule has 0 saturated heterocycles. The van der Waals surface area contributed by atoms with Gasteiger partial charge in [-0.05, 0) is 32.6 Å². The van der Waals surface area contributed by atoms with E-state index in [0.717, 1.165) is 47.8 Å².